The van der Waals surface area contributed by atoms with Crippen molar-refractivity contribution < 1.29 is 4.42 Å². The van der Waals surface area contributed by atoms with Gasteiger partial charge in [-0.3, -0.25) is 0 Å². The summed E-state index contributed by atoms with van der Waals surface area (Å²) < 4.78 is 5.42. The number of aryl methyl sites for hydroxylation is 4. The molecule has 3 aromatic carbocycles. The third-order valence-corrected chi connectivity index (χ3v) is 5.79. The number of hydrogen-bond acceptors (Lipinski definition) is 3. The van der Waals surface area contributed by atoms with Crippen molar-refractivity contribution in [1.29, 1.82) is 0 Å². The molecule has 1 aliphatic carbocycles. The number of benzene rings is 3. The minimum absolute atomic E-state index is 0.303. The highest BCUT2D eigenvalue weighted by atomic mass is 16.4. The second-order valence-electron chi connectivity index (χ2n) is 7.49. The van der Waals surface area contributed by atoms with E-state index in [4.69, 9.17) is 4.42 Å². The van der Waals surface area contributed by atoms with Crippen LogP contribution in [0.3, 0.4) is 0 Å². The molecule has 1 aliphatic rings. The number of anilines is 1. The van der Waals surface area contributed by atoms with Crippen molar-refractivity contribution in [2.45, 2.75) is 33.2 Å². The first-order valence-electron chi connectivity index (χ1n) is 9.41. The van der Waals surface area contributed by atoms with Gasteiger partial charge in [0.05, 0.1) is 0 Å². The SMILES string of the molecule is Cc1cc2oc(=O)cc(CNc3ccc4c5c(cccc35)CC4)c2cc1C. The summed E-state index contributed by atoms with van der Waals surface area (Å²) in [5.74, 6) is 0. The number of rotatable bonds is 3. The maximum atomic E-state index is 12.0. The zero-order chi connectivity index (χ0) is 18.5. The molecule has 0 aliphatic heterocycles. The quantitative estimate of drug-likeness (QED) is 0.509. The molecule has 0 radical (unpaired) electrons. The standard InChI is InChI=1S/C24H21NO2/c1-14-10-20-18(12-23(26)27-22(20)11-15(14)2)13-25-21-9-8-17-7-6-16-4-3-5-19(21)24(16)17/h3-5,8-12,25H,6-7,13H2,1-2H3. The Kier molecular flexibility index (Phi) is 3.57. The lowest BCUT2D eigenvalue weighted by Gasteiger charge is -2.13. The molecule has 0 saturated carbocycles. The molecule has 0 saturated heterocycles. The molecule has 1 heterocycles. The second-order valence-corrected chi connectivity index (χ2v) is 7.49. The molecule has 134 valence electrons. The Bertz CT molecular complexity index is 1260. The summed E-state index contributed by atoms with van der Waals surface area (Å²) in [6.07, 6.45) is 2.25. The van der Waals surface area contributed by atoms with E-state index in [9.17, 15) is 4.79 Å². The fraction of sp³-hybridized carbons (Fsp3) is 0.208. The highest BCUT2D eigenvalue weighted by molar-refractivity contribution is 5.99. The minimum Gasteiger partial charge on any atom is -0.423 e. The van der Waals surface area contributed by atoms with E-state index in [1.807, 2.05) is 13.0 Å². The van der Waals surface area contributed by atoms with E-state index in [2.05, 4.69) is 48.6 Å². The zero-order valence-electron chi connectivity index (χ0n) is 15.6. The van der Waals surface area contributed by atoms with E-state index in [-0.39, 0.29) is 5.63 Å². The fourth-order valence-electron chi connectivity index (χ4n) is 4.22. The summed E-state index contributed by atoms with van der Waals surface area (Å²) in [7, 11) is 0. The van der Waals surface area contributed by atoms with Crippen LogP contribution in [-0.4, -0.2) is 0 Å². The minimum atomic E-state index is -0.303. The monoisotopic (exact) mass is 355 g/mol. The molecule has 3 nitrogen and oxygen atoms in total. The predicted octanol–water partition coefficient (Wildman–Crippen LogP) is 5.27. The summed E-state index contributed by atoms with van der Waals surface area (Å²) in [6, 6.07) is 16.6. The van der Waals surface area contributed by atoms with Crippen molar-refractivity contribution in [3.05, 3.63) is 86.8 Å². The summed E-state index contributed by atoms with van der Waals surface area (Å²) in [5.41, 5.74) is 7.62. The summed E-state index contributed by atoms with van der Waals surface area (Å²) in [5, 5.41) is 7.22. The lowest BCUT2D eigenvalue weighted by molar-refractivity contribution is 0.559. The first-order chi connectivity index (χ1) is 13.1. The number of hydrogen-bond donors (Lipinski definition) is 1. The normalized spacial score (nSPS) is 12.8. The Hall–Kier alpha value is -3.07. The molecule has 4 aromatic rings. The van der Waals surface area contributed by atoms with Gasteiger partial charge in [0, 0.05) is 29.1 Å². The fourth-order valence-corrected chi connectivity index (χ4v) is 4.22. The summed E-state index contributed by atoms with van der Waals surface area (Å²) >= 11 is 0. The van der Waals surface area contributed by atoms with Crippen LogP contribution in [0.2, 0.25) is 0 Å². The molecular formula is C24H21NO2. The number of nitrogens with one attached hydrogen (secondary N) is 1. The number of fused-ring (bicyclic) bond motifs is 1. The Morgan fingerprint density at radius 1 is 0.926 bits per heavy atom. The summed E-state index contributed by atoms with van der Waals surface area (Å²) in [6.45, 7) is 4.70. The smallest absolute Gasteiger partial charge is 0.336 e. The summed E-state index contributed by atoms with van der Waals surface area (Å²) in [4.78, 5) is 12.0. The van der Waals surface area contributed by atoms with E-state index in [1.165, 1.54) is 27.5 Å². The molecule has 27 heavy (non-hydrogen) atoms. The van der Waals surface area contributed by atoms with Crippen molar-refractivity contribution >= 4 is 27.4 Å². The Morgan fingerprint density at radius 2 is 1.70 bits per heavy atom. The van der Waals surface area contributed by atoms with Gasteiger partial charge in [-0.25, -0.2) is 4.79 Å². The van der Waals surface area contributed by atoms with E-state index in [0.717, 1.165) is 35.0 Å². The first kappa shape index (κ1) is 16.1. The topological polar surface area (TPSA) is 42.2 Å². The van der Waals surface area contributed by atoms with Crippen molar-refractivity contribution in [2.75, 3.05) is 5.32 Å². The molecule has 0 bridgehead atoms. The van der Waals surface area contributed by atoms with Gasteiger partial charge < -0.3 is 9.73 Å². The Morgan fingerprint density at radius 3 is 2.56 bits per heavy atom. The van der Waals surface area contributed by atoms with Crippen molar-refractivity contribution in [1.82, 2.24) is 0 Å². The molecule has 0 spiro atoms. The molecule has 1 aromatic heterocycles. The van der Waals surface area contributed by atoms with Crippen LogP contribution in [0.15, 0.2) is 57.7 Å². The van der Waals surface area contributed by atoms with Gasteiger partial charge in [-0.2, -0.15) is 0 Å². The van der Waals surface area contributed by atoms with Crippen LogP contribution in [0.25, 0.3) is 21.7 Å². The van der Waals surface area contributed by atoms with Crippen molar-refractivity contribution in [2.24, 2.45) is 0 Å². The van der Waals surface area contributed by atoms with Crippen LogP contribution in [0.5, 0.6) is 0 Å². The maximum Gasteiger partial charge on any atom is 0.336 e. The van der Waals surface area contributed by atoms with Gasteiger partial charge in [0.15, 0.2) is 0 Å². The molecule has 0 atom stereocenters. The first-order valence-corrected chi connectivity index (χ1v) is 9.41. The zero-order valence-corrected chi connectivity index (χ0v) is 15.6. The van der Waals surface area contributed by atoms with E-state index in [0.29, 0.717) is 12.1 Å². The molecule has 0 fully saturated rings. The van der Waals surface area contributed by atoms with E-state index < -0.39 is 0 Å². The third-order valence-electron chi connectivity index (χ3n) is 5.79. The van der Waals surface area contributed by atoms with Gasteiger partial charge in [0.1, 0.15) is 5.58 Å². The average molecular weight is 355 g/mol. The molecule has 1 N–H and O–H groups in total. The second kappa shape index (κ2) is 5.98. The van der Waals surface area contributed by atoms with Crippen molar-refractivity contribution in [3.8, 4) is 0 Å². The maximum absolute atomic E-state index is 12.0. The molecule has 3 heteroatoms. The predicted molar refractivity (Wildman–Crippen MR) is 111 cm³/mol. The van der Waals surface area contributed by atoms with Crippen LogP contribution < -0.4 is 10.9 Å². The van der Waals surface area contributed by atoms with E-state index in [1.54, 1.807) is 6.07 Å². The molecular weight excluding hydrogens is 334 g/mol. The lowest BCUT2D eigenvalue weighted by Crippen LogP contribution is -2.06. The van der Waals surface area contributed by atoms with E-state index >= 15 is 0 Å². The highest BCUT2D eigenvalue weighted by Gasteiger charge is 2.16. The molecule has 5 rings (SSSR count). The van der Waals surface area contributed by atoms with Crippen LogP contribution in [0.1, 0.15) is 27.8 Å². The van der Waals surface area contributed by atoms with Crippen LogP contribution in [0, 0.1) is 13.8 Å². The Labute approximate surface area is 157 Å². The van der Waals surface area contributed by atoms with Gasteiger partial charge in [0.2, 0.25) is 0 Å². The average Bonchev–Trinajstić information content (AvgIpc) is 3.07. The van der Waals surface area contributed by atoms with Gasteiger partial charge in [-0.15, -0.1) is 0 Å². The highest BCUT2D eigenvalue weighted by Crippen LogP contribution is 2.35. The van der Waals surface area contributed by atoms with Crippen LogP contribution >= 0.6 is 0 Å². The van der Waals surface area contributed by atoms with Crippen LogP contribution in [0.4, 0.5) is 5.69 Å². The van der Waals surface area contributed by atoms with Crippen LogP contribution in [-0.2, 0) is 19.4 Å². The van der Waals surface area contributed by atoms with Crippen molar-refractivity contribution in [3.63, 3.8) is 0 Å². The lowest BCUT2D eigenvalue weighted by atomic mass is 10.0. The van der Waals surface area contributed by atoms with Gasteiger partial charge in [-0.05, 0) is 78.1 Å². The molecule has 0 unspecified atom stereocenters. The van der Waals surface area contributed by atoms with Gasteiger partial charge in [-0.1, -0.05) is 24.3 Å². The van der Waals surface area contributed by atoms with Gasteiger partial charge >= 0.3 is 5.63 Å². The molecule has 0 amide bonds. The Balaban J connectivity index is 1.57. The van der Waals surface area contributed by atoms with Gasteiger partial charge in [0.25, 0.3) is 0 Å². The third kappa shape index (κ3) is 2.62. The largest absolute Gasteiger partial charge is 0.423 e.